The third-order valence-corrected chi connectivity index (χ3v) is 3.18. The van der Waals surface area contributed by atoms with Crippen molar-refractivity contribution in [3.8, 4) is 5.75 Å². The first-order valence-corrected chi connectivity index (χ1v) is 6.23. The fraction of sp³-hybridized carbons (Fsp3) is 0.538. The van der Waals surface area contributed by atoms with E-state index in [1.54, 1.807) is 24.3 Å². The third kappa shape index (κ3) is 3.09. The lowest BCUT2D eigenvalue weighted by Gasteiger charge is -2.39. The molecule has 1 aliphatic heterocycles. The highest BCUT2D eigenvalue weighted by Gasteiger charge is 2.44. The second kappa shape index (κ2) is 6.49. The van der Waals surface area contributed by atoms with Gasteiger partial charge in [-0.2, -0.15) is 0 Å². The van der Waals surface area contributed by atoms with Crippen LogP contribution in [0.15, 0.2) is 24.3 Å². The van der Waals surface area contributed by atoms with Crippen LogP contribution in [-0.2, 0) is 11.3 Å². The average Bonchev–Trinajstić information content (AvgIpc) is 2.48. The highest BCUT2D eigenvalue weighted by atomic mass is 16.7. The van der Waals surface area contributed by atoms with Crippen molar-refractivity contribution in [3.05, 3.63) is 29.8 Å². The Balaban J connectivity index is 2.10. The van der Waals surface area contributed by atoms with Gasteiger partial charge in [0.1, 0.15) is 30.2 Å². The molecule has 0 unspecified atom stereocenters. The maximum Gasteiger partial charge on any atom is 0.229 e. The molecule has 20 heavy (non-hydrogen) atoms. The molecule has 1 aliphatic rings. The first-order valence-electron chi connectivity index (χ1n) is 6.23. The summed E-state index contributed by atoms with van der Waals surface area (Å²) in [4.78, 5) is 0. The van der Waals surface area contributed by atoms with Crippen LogP contribution in [0.4, 0.5) is 0 Å². The van der Waals surface area contributed by atoms with Crippen molar-refractivity contribution < 1.29 is 35.0 Å². The molecule has 0 spiro atoms. The Morgan fingerprint density at radius 2 is 1.80 bits per heavy atom. The first kappa shape index (κ1) is 15.2. The summed E-state index contributed by atoms with van der Waals surface area (Å²) in [6.45, 7) is -0.673. The van der Waals surface area contributed by atoms with Gasteiger partial charge in [0.25, 0.3) is 0 Å². The molecule has 5 atom stereocenters. The number of hydrogen-bond donors (Lipinski definition) is 5. The van der Waals surface area contributed by atoms with E-state index in [1.807, 2.05) is 0 Å². The molecule has 1 saturated heterocycles. The predicted molar refractivity (Wildman–Crippen MR) is 66.8 cm³/mol. The van der Waals surface area contributed by atoms with Crippen LogP contribution in [0.25, 0.3) is 0 Å². The van der Waals surface area contributed by atoms with Gasteiger partial charge in [0.05, 0.1) is 13.2 Å². The van der Waals surface area contributed by atoms with E-state index in [4.69, 9.17) is 19.7 Å². The maximum absolute atomic E-state index is 9.82. The van der Waals surface area contributed by atoms with Crippen molar-refractivity contribution >= 4 is 0 Å². The Labute approximate surface area is 115 Å². The van der Waals surface area contributed by atoms with Crippen LogP contribution in [-0.4, -0.2) is 62.8 Å². The Bertz CT molecular complexity index is 436. The molecule has 0 aromatic heterocycles. The topological polar surface area (TPSA) is 120 Å². The summed E-state index contributed by atoms with van der Waals surface area (Å²) in [6.07, 6.45) is -6.59. The number of aliphatic hydroxyl groups excluding tert-OH is 5. The molecule has 0 radical (unpaired) electrons. The van der Waals surface area contributed by atoms with Gasteiger partial charge in [-0.25, -0.2) is 0 Å². The number of benzene rings is 1. The number of ether oxygens (including phenoxy) is 2. The van der Waals surface area contributed by atoms with Gasteiger partial charge in [0, 0.05) is 0 Å². The Hall–Kier alpha value is -1.22. The molecule has 1 heterocycles. The Kier molecular flexibility index (Phi) is 4.92. The standard InChI is InChI=1S/C13H18O7/c14-5-7-2-1-3-8(4-7)19-13-12(18)11(17)10(16)9(6-15)20-13/h1-4,9-18H,5-6H2/t9-,10-,11+,12-,13+/m1/s1. The van der Waals surface area contributed by atoms with E-state index in [2.05, 4.69) is 0 Å². The van der Waals surface area contributed by atoms with Gasteiger partial charge in [0.2, 0.25) is 6.29 Å². The van der Waals surface area contributed by atoms with Crippen molar-refractivity contribution in [1.82, 2.24) is 0 Å². The van der Waals surface area contributed by atoms with Crippen molar-refractivity contribution in [1.29, 1.82) is 0 Å². The third-order valence-electron chi connectivity index (χ3n) is 3.18. The van der Waals surface area contributed by atoms with Crippen LogP contribution in [0.2, 0.25) is 0 Å². The minimum Gasteiger partial charge on any atom is -0.462 e. The molecule has 5 N–H and O–H groups in total. The molecule has 112 valence electrons. The van der Waals surface area contributed by atoms with E-state index in [0.717, 1.165) is 0 Å². The molecule has 0 saturated carbocycles. The summed E-state index contributed by atoms with van der Waals surface area (Å²) >= 11 is 0. The molecule has 1 aromatic carbocycles. The summed E-state index contributed by atoms with van der Waals surface area (Å²) in [6, 6.07) is 6.51. The van der Waals surface area contributed by atoms with Crippen LogP contribution < -0.4 is 4.74 Å². The lowest BCUT2D eigenvalue weighted by atomic mass is 9.99. The highest BCUT2D eigenvalue weighted by molar-refractivity contribution is 5.28. The lowest BCUT2D eigenvalue weighted by molar-refractivity contribution is -0.277. The predicted octanol–water partition coefficient (Wildman–Crippen LogP) is -1.64. The van der Waals surface area contributed by atoms with Gasteiger partial charge in [-0.15, -0.1) is 0 Å². The fourth-order valence-corrected chi connectivity index (χ4v) is 2.02. The average molecular weight is 286 g/mol. The van der Waals surface area contributed by atoms with Crippen LogP contribution in [0, 0.1) is 0 Å². The summed E-state index contributed by atoms with van der Waals surface area (Å²) in [5.74, 6) is 0.334. The number of hydrogen-bond acceptors (Lipinski definition) is 7. The molecule has 0 aliphatic carbocycles. The van der Waals surface area contributed by atoms with Crippen LogP contribution in [0.1, 0.15) is 5.56 Å². The van der Waals surface area contributed by atoms with E-state index in [1.165, 1.54) is 0 Å². The SMILES string of the molecule is OCc1cccc(O[C@H]2O[C@H](CO)[C@@H](O)[C@H](O)[C@H]2O)c1. The molecule has 0 amide bonds. The van der Waals surface area contributed by atoms with E-state index in [-0.39, 0.29) is 6.61 Å². The molecule has 7 nitrogen and oxygen atoms in total. The van der Waals surface area contributed by atoms with Crippen molar-refractivity contribution in [2.45, 2.75) is 37.3 Å². The molecule has 1 aromatic rings. The van der Waals surface area contributed by atoms with Gasteiger partial charge >= 0.3 is 0 Å². The van der Waals surface area contributed by atoms with E-state index >= 15 is 0 Å². The molecular weight excluding hydrogens is 268 g/mol. The summed E-state index contributed by atoms with van der Waals surface area (Å²) in [7, 11) is 0. The normalized spacial score (nSPS) is 34.0. The number of rotatable bonds is 4. The Morgan fingerprint density at radius 1 is 1.05 bits per heavy atom. The van der Waals surface area contributed by atoms with Crippen molar-refractivity contribution in [2.24, 2.45) is 0 Å². The van der Waals surface area contributed by atoms with Gasteiger partial charge in [0.15, 0.2) is 0 Å². The highest BCUT2D eigenvalue weighted by Crippen LogP contribution is 2.24. The molecule has 0 bridgehead atoms. The molecule has 1 fully saturated rings. The van der Waals surface area contributed by atoms with E-state index < -0.39 is 37.3 Å². The summed E-state index contributed by atoms with van der Waals surface area (Å²) < 4.78 is 10.6. The van der Waals surface area contributed by atoms with Crippen molar-refractivity contribution in [3.63, 3.8) is 0 Å². The monoisotopic (exact) mass is 286 g/mol. The minimum atomic E-state index is -1.48. The van der Waals surface area contributed by atoms with Gasteiger partial charge in [-0.3, -0.25) is 0 Å². The largest absolute Gasteiger partial charge is 0.462 e. The maximum atomic E-state index is 9.82. The van der Waals surface area contributed by atoms with Crippen LogP contribution in [0.5, 0.6) is 5.75 Å². The molecular formula is C13H18O7. The second-order valence-corrected chi connectivity index (χ2v) is 4.62. The van der Waals surface area contributed by atoms with Gasteiger partial charge in [-0.05, 0) is 17.7 Å². The van der Waals surface area contributed by atoms with Gasteiger partial charge < -0.3 is 35.0 Å². The molecule has 2 rings (SSSR count). The first-order chi connectivity index (χ1) is 9.56. The minimum absolute atomic E-state index is 0.161. The Morgan fingerprint density at radius 3 is 2.45 bits per heavy atom. The second-order valence-electron chi connectivity index (χ2n) is 4.62. The summed E-state index contributed by atoms with van der Waals surface area (Å²) in [5.41, 5.74) is 0.618. The van der Waals surface area contributed by atoms with Gasteiger partial charge in [-0.1, -0.05) is 12.1 Å². The fourth-order valence-electron chi connectivity index (χ4n) is 2.02. The zero-order chi connectivity index (χ0) is 14.7. The smallest absolute Gasteiger partial charge is 0.229 e. The number of aliphatic hydroxyl groups is 5. The quantitative estimate of drug-likeness (QED) is 0.450. The summed E-state index contributed by atoms with van der Waals surface area (Å²) in [5, 5.41) is 47.2. The van der Waals surface area contributed by atoms with E-state index in [0.29, 0.717) is 11.3 Å². The van der Waals surface area contributed by atoms with Crippen LogP contribution in [0.3, 0.4) is 0 Å². The van der Waals surface area contributed by atoms with Crippen molar-refractivity contribution in [2.75, 3.05) is 6.61 Å². The van der Waals surface area contributed by atoms with Crippen LogP contribution >= 0.6 is 0 Å². The zero-order valence-corrected chi connectivity index (χ0v) is 10.7. The zero-order valence-electron chi connectivity index (χ0n) is 10.7. The molecule has 7 heteroatoms. The lowest BCUT2D eigenvalue weighted by Crippen LogP contribution is -2.60. The van der Waals surface area contributed by atoms with E-state index in [9.17, 15) is 15.3 Å².